The van der Waals surface area contributed by atoms with Gasteiger partial charge in [-0.05, 0) is 12.8 Å². The minimum absolute atomic E-state index is 0.0263. The molecule has 0 saturated carbocycles. The van der Waals surface area contributed by atoms with Crippen LogP contribution in [0.3, 0.4) is 0 Å². The first-order chi connectivity index (χ1) is 7.27. The predicted octanol–water partition coefficient (Wildman–Crippen LogP) is -1.08. The van der Waals surface area contributed by atoms with Crippen molar-refractivity contribution in [3.63, 3.8) is 0 Å². The molecule has 0 spiro atoms. The number of nitrogens with two attached hydrogens (primary N) is 1. The number of rotatable bonds is 4. The molecule has 15 heavy (non-hydrogen) atoms. The Morgan fingerprint density at radius 1 is 1.60 bits per heavy atom. The zero-order chi connectivity index (χ0) is 10.7. The molecule has 2 unspecified atom stereocenters. The fourth-order valence-electron chi connectivity index (χ4n) is 2.15. The van der Waals surface area contributed by atoms with E-state index in [9.17, 15) is 4.79 Å². The molecule has 3 N–H and O–H groups in total. The van der Waals surface area contributed by atoms with Crippen molar-refractivity contribution in [1.82, 2.24) is 10.2 Å². The van der Waals surface area contributed by atoms with Crippen molar-refractivity contribution < 1.29 is 9.53 Å². The monoisotopic (exact) mass is 213 g/mol. The molecule has 2 rings (SSSR count). The zero-order valence-electron chi connectivity index (χ0n) is 8.95. The Morgan fingerprint density at radius 2 is 2.47 bits per heavy atom. The minimum atomic E-state index is -0.191. The van der Waals surface area contributed by atoms with Gasteiger partial charge in [-0.3, -0.25) is 9.69 Å². The quantitative estimate of drug-likeness (QED) is 0.623. The minimum Gasteiger partial charge on any atom is -0.376 e. The molecule has 2 atom stereocenters. The molecule has 0 aliphatic carbocycles. The van der Waals surface area contributed by atoms with E-state index in [-0.39, 0.29) is 11.9 Å². The van der Waals surface area contributed by atoms with Gasteiger partial charge in [-0.1, -0.05) is 0 Å². The van der Waals surface area contributed by atoms with E-state index in [0.29, 0.717) is 6.10 Å². The normalized spacial score (nSPS) is 32.3. The van der Waals surface area contributed by atoms with Crippen molar-refractivity contribution in [2.24, 2.45) is 5.73 Å². The Morgan fingerprint density at radius 3 is 3.00 bits per heavy atom. The number of primary amides is 1. The lowest BCUT2D eigenvalue weighted by Gasteiger charge is -2.39. The third-order valence-corrected chi connectivity index (χ3v) is 3.20. The number of ether oxygens (including phenoxy) is 1. The van der Waals surface area contributed by atoms with Crippen LogP contribution in [0.4, 0.5) is 0 Å². The predicted molar refractivity (Wildman–Crippen MR) is 56.4 cm³/mol. The highest BCUT2D eigenvalue weighted by atomic mass is 16.5. The van der Waals surface area contributed by atoms with E-state index in [0.717, 1.165) is 45.6 Å². The van der Waals surface area contributed by atoms with Crippen molar-refractivity contribution in [2.45, 2.75) is 25.0 Å². The second-order valence-corrected chi connectivity index (χ2v) is 4.23. The second-order valence-electron chi connectivity index (χ2n) is 4.23. The fraction of sp³-hybridized carbons (Fsp3) is 0.900. The highest BCUT2D eigenvalue weighted by molar-refractivity contribution is 5.80. The fourth-order valence-corrected chi connectivity index (χ4v) is 2.15. The van der Waals surface area contributed by atoms with Gasteiger partial charge < -0.3 is 15.8 Å². The third-order valence-electron chi connectivity index (χ3n) is 3.20. The summed E-state index contributed by atoms with van der Waals surface area (Å²) in [7, 11) is 0. The van der Waals surface area contributed by atoms with Crippen molar-refractivity contribution in [1.29, 1.82) is 0 Å². The summed E-state index contributed by atoms with van der Waals surface area (Å²) in [5.41, 5.74) is 5.27. The molecule has 0 aromatic rings. The average molecular weight is 213 g/mol. The largest absolute Gasteiger partial charge is 0.376 e. The van der Waals surface area contributed by atoms with Gasteiger partial charge in [0.15, 0.2) is 0 Å². The highest BCUT2D eigenvalue weighted by Crippen LogP contribution is 2.17. The molecule has 2 fully saturated rings. The molecule has 2 aliphatic rings. The van der Waals surface area contributed by atoms with Gasteiger partial charge in [0.25, 0.3) is 0 Å². The molecule has 2 aliphatic heterocycles. The summed E-state index contributed by atoms with van der Waals surface area (Å²) in [6.07, 6.45) is 2.20. The Bertz CT molecular complexity index is 229. The molecule has 0 radical (unpaired) electrons. The van der Waals surface area contributed by atoms with Crippen LogP contribution in [0, 0.1) is 0 Å². The van der Waals surface area contributed by atoms with E-state index < -0.39 is 0 Å². The summed E-state index contributed by atoms with van der Waals surface area (Å²) in [5, 5.41) is 3.29. The molecular formula is C10H19N3O2. The standard InChI is InChI=1S/C10H19N3O2/c11-10(14)9-2-5-13(9)4-1-8-7-12-3-6-15-8/h8-9,12H,1-7H2,(H2,11,14). The third kappa shape index (κ3) is 2.68. The van der Waals surface area contributed by atoms with Crippen LogP contribution in [-0.4, -0.2) is 55.7 Å². The van der Waals surface area contributed by atoms with Crippen LogP contribution < -0.4 is 11.1 Å². The number of carbonyl (C=O) groups excluding carboxylic acids is 1. The summed E-state index contributed by atoms with van der Waals surface area (Å²) >= 11 is 0. The molecule has 1 amide bonds. The van der Waals surface area contributed by atoms with Gasteiger partial charge in [0, 0.05) is 26.2 Å². The topological polar surface area (TPSA) is 67.6 Å². The molecule has 0 bridgehead atoms. The first kappa shape index (κ1) is 10.9. The van der Waals surface area contributed by atoms with Gasteiger partial charge in [-0.25, -0.2) is 0 Å². The summed E-state index contributed by atoms with van der Waals surface area (Å²) in [5.74, 6) is -0.191. The van der Waals surface area contributed by atoms with Crippen molar-refractivity contribution in [3.8, 4) is 0 Å². The number of nitrogens with zero attached hydrogens (tertiary/aromatic N) is 1. The van der Waals surface area contributed by atoms with Crippen LogP contribution >= 0.6 is 0 Å². The number of hydrogen-bond acceptors (Lipinski definition) is 4. The maximum Gasteiger partial charge on any atom is 0.234 e. The van der Waals surface area contributed by atoms with Crippen molar-refractivity contribution in [3.05, 3.63) is 0 Å². The van der Waals surface area contributed by atoms with Crippen molar-refractivity contribution >= 4 is 5.91 Å². The van der Waals surface area contributed by atoms with Crippen LogP contribution in [0.15, 0.2) is 0 Å². The molecule has 86 valence electrons. The maximum absolute atomic E-state index is 11.0. The second kappa shape index (κ2) is 4.92. The molecule has 5 nitrogen and oxygen atoms in total. The number of nitrogens with one attached hydrogen (secondary N) is 1. The Kier molecular flexibility index (Phi) is 3.56. The highest BCUT2D eigenvalue weighted by Gasteiger charge is 2.32. The number of amides is 1. The van der Waals surface area contributed by atoms with Crippen LogP contribution in [0.5, 0.6) is 0 Å². The van der Waals surface area contributed by atoms with Gasteiger partial charge in [-0.15, -0.1) is 0 Å². The Labute approximate surface area is 89.9 Å². The Hall–Kier alpha value is -0.650. The number of hydrogen-bond donors (Lipinski definition) is 2. The van der Waals surface area contributed by atoms with Gasteiger partial charge in [0.2, 0.25) is 5.91 Å². The summed E-state index contributed by atoms with van der Waals surface area (Å²) in [4.78, 5) is 13.1. The van der Waals surface area contributed by atoms with Gasteiger partial charge in [0.05, 0.1) is 18.8 Å². The molecule has 2 saturated heterocycles. The van der Waals surface area contributed by atoms with Crippen LogP contribution in [0.1, 0.15) is 12.8 Å². The molecule has 5 heteroatoms. The summed E-state index contributed by atoms with van der Waals surface area (Å²) in [6.45, 7) is 4.58. The van der Waals surface area contributed by atoms with E-state index in [1.807, 2.05) is 0 Å². The van der Waals surface area contributed by atoms with E-state index in [1.165, 1.54) is 0 Å². The zero-order valence-corrected chi connectivity index (χ0v) is 8.95. The summed E-state index contributed by atoms with van der Waals surface area (Å²) in [6, 6.07) is -0.0263. The lowest BCUT2D eigenvalue weighted by molar-refractivity contribution is -0.127. The number of morpholine rings is 1. The lowest BCUT2D eigenvalue weighted by atomic mass is 10.0. The lowest BCUT2D eigenvalue weighted by Crippen LogP contribution is -2.55. The number of carbonyl (C=O) groups is 1. The number of likely N-dealkylation sites (tertiary alicyclic amines) is 1. The smallest absolute Gasteiger partial charge is 0.234 e. The first-order valence-corrected chi connectivity index (χ1v) is 5.63. The molecule has 0 aromatic carbocycles. The maximum atomic E-state index is 11.0. The molecular weight excluding hydrogens is 194 g/mol. The van der Waals surface area contributed by atoms with E-state index in [2.05, 4.69) is 10.2 Å². The van der Waals surface area contributed by atoms with E-state index in [1.54, 1.807) is 0 Å². The van der Waals surface area contributed by atoms with E-state index in [4.69, 9.17) is 10.5 Å². The summed E-state index contributed by atoms with van der Waals surface area (Å²) < 4.78 is 5.59. The first-order valence-electron chi connectivity index (χ1n) is 5.63. The van der Waals surface area contributed by atoms with Crippen LogP contribution in [0.2, 0.25) is 0 Å². The van der Waals surface area contributed by atoms with Gasteiger partial charge >= 0.3 is 0 Å². The Balaban J connectivity index is 1.67. The van der Waals surface area contributed by atoms with Crippen LogP contribution in [-0.2, 0) is 9.53 Å². The van der Waals surface area contributed by atoms with Crippen molar-refractivity contribution in [2.75, 3.05) is 32.8 Å². The van der Waals surface area contributed by atoms with Crippen LogP contribution in [0.25, 0.3) is 0 Å². The molecule has 0 aromatic heterocycles. The van der Waals surface area contributed by atoms with Gasteiger partial charge in [0.1, 0.15) is 0 Å². The SMILES string of the molecule is NC(=O)C1CCN1CCC1CNCCO1. The molecule has 2 heterocycles. The van der Waals surface area contributed by atoms with E-state index >= 15 is 0 Å². The average Bonchev–Trinajstić information content (AvgIpc) is 2.17. The van der Waals surface area contributed by atoms with Gasteiger partial charge in [-0.2, -0.15) is 0 Å².